The molecular formula is C16H10Cl3N3O3. The average molecular weight is 399 g/mol. The molecule has 0 amide bonds. The molecule has 0 aliphatic rings. The van der Waals surface area contributed by atoms with Crippen LogP contribution in [-0.2, 0) is 9.53 Å². The Morgan fingerprint density at radius 1 is 1.16 bits per heavy atom. The first-order valence-corrected chi connectivity index (χ1v) is 7.85. The second-order valence-corrected chi connectivity index (χ2v) is 5.82. The van der Waals surface area contributed by atoms with Crippen molar-refractivity contribution in [1.29, 1.82) is 0 Å². The van der Waals surface area contributed by atoms with Crippen LogP contribution >= 0.6 is 34.8 Å². The molecule has 0 spiro atoms. The van der Waals surface area contributed by atoms with Gasteiger partial charge in [0.15, 0.2) is 0 Å². The van der Waals surface area contributed by atoms with Crippen LogP contribution in [0.25, 0.3) is 16.5 Å². The Bertz CT molecular complexity index is 893. The van der Waals surface area contributed by atoms with Crippen molar-refractivity contribution in [3.05, 3.63) is 73.2 Å². The molecule has 2 aromatic carbocycles. The number of nitrogens with zero attached hydrogens (tertiary/aromatic N) is 3. The van der Waals surface area contributed by atoms with Gasteiger partial charge in [0.2, 0.25) is 0 Å². The summed E-state index contributed by atoms with van der Waals surface area (Å²) in [7, 11) is 1.18. The molecule has 0 unspecified atom stereocenters. The highest BCUT2D eigenvalue weighted by molar-refractivity contribution is 6.42. The van der Waals surface area contributed by atoms with E-state index in [2.05, 4.69) is 14.8 Å². The van der Waals surface area contributed by atoms with E-state index in [1.807, 2.05) is 0 Å². The number of ether oxygens (including phenoxy) is 2. The summed E-state index contributed by atoms with van der Waals surface area (Å²) in [6.45, 7) is 0. The highest BCUT2D eigenvalue weighted by Gasteiger charge is 2.11. The van der Waals surface area contributed by atoms with Crippen LogP contribution in [0.3, 0.4) is 0 Å². The zero-order valence-electron chi connectivity index (χ0n) is 12.7. The SMILES string of the molecule is COC(=O)/C(=C/c1ccc(Cl)cc1Oc1ccc(Cl)c(Cl)c1)N=[N+]=[N-]. The van der Waals surface area contributed by atoms with Gasteiger partial charge in [0.1, 0.15) is 17.2 Å². The van der Waals surface area contributed by atoms with Crippen LogP contribution < -0.4 is 4.74 Å². The van der Waals surface area contributed by atoms with E-state index in [4.69, 9.17) is 45.1 Å². The lowest BCUT2D eigenvalue weighted by Crippen LogP contribution is -2.02. The molecule has 0 saturated heterocycles. The summed E-state index contributed by atoms with van der Waals surface area (Å²) in [6, 6.07) is 9.48. The maximum absolute atomic E-state index is 11.7. The molecule has 2 rings (SSSR count). The van der Waals surface area contributed by atoms with E-state index >= 15 is 0 Å². The number of hydrogen-bond acceptors (Lipinski definition) is 4. The van der Waals surface area contributed by atoms with Gasteiger partial charge in [-0.1, -0.05) is 39.9 Å². The second-order valence-electron chi connectivity index (χ2n) is 4.57. The van der Waals surface area contributed by atoms with Crippen LogP contribution in [0.1, 0.15) is 5.56 Å². The van der Waals surface area contributed by atoms with Gasteiger partial charge in [0.05, 0.1) is 17.2 Å². The summed E-state index contributed by atoms with van der Waals surface area (Å²) in [5.74, 6) is -0.0524. The monoisotopic (exact) mass is 397 g/mol. The molecule has 2 aromatic rings. The van der Waals surface area contributed by atoms with Crippen molar-refractivity contribution in [1.82, 2.24) is 0 Å². The molecule has 128 valence electrons. The van der Waals surface area contributed by atoms with Crippen LogP contribution in [0.15, 0.2) is 47.2 Å². The fraction of sp³-hybridized carbons (Fsp3) is 0.0625. The summed E-state index contributed by atoms with van der Waals surface area (Å²) in [6.07, 6.45) is 1.33. The van der Waals surface area contributed by atoms with Gasteiger partial charge in [-0.2, -0.15) is 0 Å². The Hall–Kier alpha value is -2.37. The number of methoxy groups -OCH3 is 1. The summed E-state index contributed by atoms with van der Waals surface area (Å²) in [5.41, 5.74) is 8.81. The molecule has 25 heavy (non-hydrogen) atoms. The third kappa shape index (κ3) is 5.05. The fourth-order valence-corrected chi connectivity index (χ4v) is 2.26. The molecule has 6 nitrogen and oxygen atoms in total. The fourth-order valence-electron chi connectivity index (χ4n) is 1.81. The van der Waals surface area contributed by atoms with Gasteiger partial charge in [-0.05, 0) is 35.9 Å². The van der Waals surface area contributed by atoms with E-state index in [-0.39, 0.29) is 5.70 Å². The van der Waals surface area contributed by atoms with Crippen LogP contribution in [0.4, 0.5) is 0 Å². The number of benzene rings is 2. The van der Waals surface area contributed by atoms with Gasteiger partial charge in [0, 0.05) is 27.6 Å². The molecule has 0 aliphatic carbocycles. The Kier molecular flexibility index (Phi) is 6.56. The van der Waals surface area contributed by atoms with Crippen LogP contribution in [0.2, 0.25) is 15.1 Å². The molecule has 0 saturated carbocycles. The molecule has 0 fully saturated rings. The van der Waals surface area contributed by atoms with E-state index in [1.54, 1.807) is 30.3 Å². The second kappa shape index (κ2) is 8.65. The quantitative estimate of drug-likeness (QED) is 0.196. The summed E-state index contributed by atoms with van der Waals surface area (Å²) in [4.78, 5) is 14.3. The van der Waals surface area contributed by atoms with E-state index in [9.17, 15) is 4.79 Å². The first-order chi connectivity index (χ1) is 11.9. The lowest BCUT2D eigenvalue weighted by atomic mass is 10.1. The number of halogens is 3. The van der Waals surface area contributed by atoms with E-state index in [0.29, 0.717) is 32.1 Å². The summed E-state index contributed by atoms with van der Waals surface area (Å²) < 4.78 is 10.3. The molecule has 0 aliphatic heterocycles. The number of azide groups is 1. The Morgan fingerprint density at radius 3 is 2.56 bits per heavy atom. The van der Waals surface area contributed by atoms with Crippen molar-refractivity contribution in [3.63, 3.8) is 0 Å². The molecule has 0 aromatic heterocycles. The molecule has 0 bridgehead atoms. The lowest BCUT2D eigenvalue weighted by Gasteiger charge is -2.11. The van der Waals surface area contributed by atoms with Gasteiger partial charge in [-0.15, -0.1) is 0 Å². The molecule has 9 heteroatoms. The average Bonchev–Trinajstić information content (AvgIpc) is 2.59. The number of esters is 1. The smallest absolute Gasteiger partial charge is 0.340 e. The third-order valence-electron chi connectivity index (χ3n) is 2.93. The number of carbonyl (C=O) groups is 1. The van der Waals surface area contributed by atoms with Crippen molar-refractivity contribution in [2.24, 2.45) is 5.11 Å². The molecule has 0 radical (unpaired) electrons. The molecule has 0 N–H and O–H groups in total. The van der Waals surface area contributed by atoms with E-state index in [0.717, 1.165) is 0 Å². The molecule has 0 heterocycles. The zero-order valence-corrected chi connectivity index (χ0v) is 15.0. The minimum absolute atomic E-state index is 0.230. The maximum atomic E-state index is 11.7. The van der Waals surface area contributed by atoms with Crippen molar-refractivity contribution in [2.45, 2.75) is 0 Å². The summed E-state index contributed by atoms with van der Waals surface area (Å²) in [5, 5.41) is 4.45. The van der Waals surface area contributed by atoms with Gasteiger partial charge in [-0.3, -0.25) is 0 Å². The van der Waals surface area contributed by atoms with E-state index < -0.39 is 5.97 Å². The zero-order chi connectivity index (χ0) is 18.4. The van der Waals surface area contributed by atoms with Gasteiger partial charge < -0.3 is 9.47 Å². The van der Waals surface area contributed by atoms with Crippen molar-refractivity contribution in [3.8, 4) is 11.5 Å². The van der Waals surface area contributed by atoms with Crippen LogP contribution in [-0.4, -0.2) is 13.1 Å². The van der Waals surface area contributed by atoms with Gasteiger partial charge in [0.25, 0.3) is 0 Å². The van der Waals surface area contributed by atoms with Crippen LogP contribution in [0, 0.1) is 0 Å². The van der Waals surface area contributed by atoms with E-state index in [1.165, 1.54) is 19.3 Å². The van der Waals surface area contributed by atoms with Crippen molar-refractivity contribution >= 4 is 46.8 Å². The Balaban J connectivity index is 2.47. The number of hydrogen-bond donors (Lipinski definition) is 0. The summed E-state index contributed by atoms with van der Waals surface area (Å²) >= 11 is 17.9. The van der Waals surface area contributed by atoms with Crippen molar-refractivity contribution in [2.75, 3.05) is 7.11 Å². The minimum atomic E-state index is -0.784. The van der Waals surface area contributed by atoms with Gasteiger partial charge in [-0.25, -0.2) is 4.79 Å². The minimum Gasteiger partial charge on any atom is -0.466 e. The normalized spacial score (nSPS) is 10.8. The lowest BCUT2D eigenvalue weighted by molar-refractivity contribution is -0.136. The topological polar surface area (TPSA) is 84.3 Å². The Labute approximate surface area is 158 Å². The van der Waals surface area contributed by atoms with Crippen molar-refractivity contribution < 1.29 is 14.3 Å². The Morgan fingerprint density at radius 2 is 1.92 bits per heavy atom. The van der Waals surface area contributed by atoms with Gasteiger partial charge >= 0.3 is 5.97 Å². The molecule has 0 atom stereocenters. The highest BCUT2D eigenvalue weighted by atomic mass is 35.5. The largest absolute Gasteiger partial charge is 0.466 e. The maximum Gasteiger partial charge on any atom is 0.340 e. The number of rotatable bonds is 5. The molecular weight excluding hydrogens is 389 g/mol. The third-order valence-corrected chi connectivity index (χ3v) is 3.91. The van der Waals surface area contributed by atoms with Crippen LogP contribution in [0.5, 0.6) is 11.5 Å². The predicted molar refractivity (Wildman–Crippen MR) is 97.1 cm³/mol. The first kappa shape index (κ1) is 19.0. The number of carbonyl (C=O) groups excluding carboxylic acids is 1. The standard InChI is InChI=1S/C16H10Cl3N3O3/c1-24-16(23)14(21-22-20)6-9-2-3-10(17)7-15(9)25-11-4-5-12(18)13(19)8-11/h2-8H,1H3/b14-6-. The first-order valence-electron chi connectivity index (χ1n) is 6.72. The predicted octanol–water partition coefficient (Wildman–Crippen LogP) is 6.26. The highest BCUT2D eigenvalue weighted by Crippen LogP contribution is 2.33.